The van der Waals surface area contributed by atoms with Gasteiger partial charge < -0.3 is 0 Å². The molecule has 0 amide bonds. The second kappa shape index (κ2) is 5.10. The molecule has 0 atom stereocenters. The first kappa shape index (κ1) is 14.1. The smallest absolute Gasteiger partial charge is 0.0992 e. The molecule has 92 valence electrons. The van der Waals surface area contributed by atoms with E-state index < -0.39 is 0 Å². The number of rotatable bonds is 3. The topological polar surface area (TPSA) is 23.8 Å². The highest BCUT2D eigenvalue weighted by Crippen LogP contribution is 2.38. The first-order chi connectivity index (χ1) is 7.83. The predicted octanol–water partition coefficient (Wildman–Crippen LogP) is 5.02. The van der Waals surface area contributed by atoms with Gasteiger partial charge in [0, 0.05) is 5.02 Å². The fourth-order valence-electron chi connectivity index (χ4n) is 2.04. The Kier molecular flexibility index (Phi) is 4.22. The number of hydrogen-bond donors (Lipinski definition) is 0. The van der Waals surface area contributed by atoms with Crippen LogP contribution in [0.3, 0.4) is 0 Å². The SMILES string of the molecule is CCC(C)(C)c1c(Cl)cc(C#N)cc1C(C)C. The summed E-state index contributed by atoms with van der Waals surface area (Å²) in [5.74, 6) is 0.377. The van der Waals surface area contributed by atoms with Crippen LogP contribution in [-0.2, 0) is 5.41 Å². The highest BCUT2D eigenvalue weighted by Gasteiger charge is 2.26. The summed E-state index contributed by atoms with van der Waals surface area (Å²) in [5, 5.41) is 9.73. The van der Waals surface area contributed by atoms with Gasteiger partial charge in [-0.1, -0.05) is 46.2 Å². The molecule has 0 unspecified atom stereocenters. The summed E-state index contributed by atoms with van der Waals surface area (Å²) in [6.07, 6.45) is 1.03. The van der Waals surface area contributed by atoms with E-state index in [4.69, 9.17) is 16.9 Å². The van der Waals surface area contributed by atoms with Gasteiger partial charge in [-0.3, -0.25) is 0 Å². The molecule has 1 aromatic rings. The maximum Gasteiger partial charge on any atom is 0.0992 e. The lowest BCUT2D eigenvalue weighted by Gasteiger charge is -2.29. The van der Waals surface area contributed by atoms with Crippen LogP contribution < -0.4 is 0 Å². The number of hydrogen-bond acceptors (Lipinski definition) is 1. The summed E-state index contributed by atoms with van der Waals surface area (Å²) in [4.78, 5) is 0. The van der Waals surface area contributed by atoms with E-state index in [0.29, 0.717) is 11.5 Å². The summed E-state index contributed by atoms with van der Waals surface area (Å²) in [5.41, 5.74) is 3.08. The maximum absolute atomic E-state index is 9.01. The predicted molar refractivity (Wildman–Crippen MR) is 73.6 cm³/mol. The molecule has 0 N–H and O–H groups in total. The first-order valence-corrected chi connectivity index (χ1v) is 6.45. The minimum Gasteiger partial charge on any atom is -0.192 e. The molecule has 0 aliphatic carbocycles. The van der Waals surface area contributed by atoms with Crippen LogP contribution in [0.15, 0.2) is 12.1 Å². The van der Waals surface area contributed by atoms with E-state index in [2.05, 4.69) is 40.7 Å². The maximum atomic E-state index is 9.01. The molecule has 1 nitrogen and oxygen atoms in total. The van der Waals surface area contributed by atoms with Crippen LogP contribution in [0.5, 0.6) is 0 Å². The van der Waals surface area contributed by atoms with Crippen molar-refractivity contribution in [3.8, 4) is 6.07 Å². The summed E-state index contributed by atoms with van der Waals surface area (Å²) >= 11 is 6.37. The van der Waals surface area contributed by atoms with Crippen molar-refractivity contribution in [1.82, 2.24) is 0 Å². The fraction of sp³-hybridized carbons (Fsp3) is 0.533. The van der Waals surface area contributed by atoms with Crippen molar-refractivity contribution in [3.05, 3.63) is 33.8 Å². The zero-order valence-corrected chi connectivity index (χ0v) is 12.0. The number of nitrogens with zero attached hydrogens (tertiary/aromatic N) is 1. The van der Waals surface area contributed by atoms with Gasteiger partial charge in [0.15, 0.2) is 0 Å². The van der Waals surface area contributed by atoms with Crippen LogP contribution >= 0.6 is 11.6 Å². The molecule has 0 aromatic heterocycles. The Morgan fingerprint density at radius 3 is 2.35 bits per heavy atom. The molecular weight excluding hydrogens is 230 g/mol. The van der Waals surface area contributed by atoms with E-state index in [-0.39, 0.29) is 5.41 Å². The standard InChI is InChI=1S/C15H20ClN/c1-6-15(4,5)14-12(10(2)3)7-11(9-17)8-13(14)16/h7-8,10H,6H2,1-5H3. The van der Waals surface area contributed by atoms with Crippen LogP contribution in [0, 0.1) is 11.3 Å². The lowest BCUT2D eigenvalue weighted by Crippen LogP contribution is -2.19. The van der Waals surface area contributed by atoms with Crippen LogP contribution in [-0.4, -0.2) is 0 Å². The highest BCUT2D eigenvalue weighted by atomic mass is 35.5. The normalized spacial score (nSPS) is 11.6. The van der Waals surface area contributed by atoms with E-state index in [1.165, 1.54) is 11.1 Å². The monoisotopic (exact) mass is 249 g/mol. The van der Waals surface area contributed by atoms with Crippen molar-refractivity contribution < 1.29 is 0 Å². The Bertz CT molecular complexity index is 453. The molecule has 0 bridgehead atoms. The molecular formula is C15H20ClN. The molecule has 17 heavy (non-hydrogen) atoms. The van der Waals surface area contributed by atoms with Crippen molar-refractivity contribution in [2.75, 3.05) is 0 Å². The van der Waals surface area contributed by atoms with E-state index in [1.807, 2.05) is 6.07 Å². The summed E-state index contributed by atoms with van der Waals surface area (Å²) in [6, 6.07) is 5.93. The van der Waals surface area contributed by atoms with Gasteiger partial charge in [0.2, 0.25) is 0 Å². The summed E-state index contributed by atoms with van der Waals surface area (Å²) < 4.78 is 0. The summed E-state index contributed by atoms with van der Waals surface area (Å²) in [6.45, 7) is 10.8. The third kappa shape index (κ3) is 2.82. The Morgan fingerprint density at radius 2 is 1.94 bits per heavy atom. The molecule has 0 saturated carbocycles. The fourth-order valence-corrected chi connectivity index (χ4v) is 2.52. The number of benzene rings is 1. The van der Waals surface area contributed by atoms with Gasteiger partial charge in [-0.2, -0.15) is 5.26 Å². The zero-order chi connectivity index (χ0) is 13.2. The van der Waals surface area contributed by atoms with Crippen molar-refractivity contribution in [1.29, 1.82) is 5.26 Å². The minimum absolute atomic E-state index is 0.0463. The zero-order valence-electron chi connectivity index (χ0n) is 11.3. The second-order valence-electron chi connectivity index (χ2n) is 5.43. The van der Waals surface area contributed by atoms with Gasteiger partial charge in [-0.25, -0.2) is 0 Å². The highest BCUT2D eigenvalue weighted by molar-refractivity contribution is 6.31. The third-order valence-corrected chi connectivity index (χ3v) is 3.73. The Labute approximate surface area is 109 Å². The Hall–Kier alpha value is -1.00. The van der Waals surface area contributed by atoms with Gasteiger partial charge in [0.05, 0.1) is 11.6 Å². The van der Waals surface area contributed by atoms with Crippen LogP contribution in [0.2, 0.25) is 5.02 Å². The summed E-state index contributed by atoms with van der Waals surface area (Å²) in [7, 11) is 0. The molecule has 0 spiro atoms. The van der Waals surface area contributed by atoms with Gasteiger partial charge in [-0.15, -0.1) is 0 Å². The van der Waals surface area contributed by atoms with E-state index in [0.717, 1.165) is 11.4 Å². The third-order valence-electron chi connectivity index (χ3n) is 3.43. The molecule has 2 heteroatoms. The second-order valence-corrected chi connectivity index (χ2v) is 5.83. The molecule has 0 radical (unpaired) electrons. The van der Waals surface area contributed by atoms with E-state index >= 15 is 0 Å². The lowest BCUT2D eigenvalue weighted by molar-refractivity contribution is 0.498. The van der Waals surface area contributed by atoms with Crippen LogP contribution in [0.4, 0.5) is 0 Å². The van der Waals surface area contributed by atoms with Crippen molar-refractivity contribution in [2.24, 2.45) is 0 Å². The van der Waals surface area contributed by atoms with Gasteiger partial charge in [0.1, 0.15) is 0 Å². The number of nitriles is 1. The largest absolute Gasteiger partial charge is 0.192 e. The lowest BCUT2D eigenvalue weighted by atomic mass is 9.77. The van der Waals surface area contributed by atoms with Crippen LogP contribution in [0.1, 0.15) is 63.6 Å². The average Bonchev–Trinajstić information content (AvgIpc) is 2.27. The van der Waals surface area contributed by atoms with Crippen molar-refractivity contribution >= 4 is 11.6 Å². The molecule has 0 saturated heterocycles. The number of halogens is 1. The Balaban J connectivity index is 3.54. The Morgan fingerprint density at radius 1 is 1.35 bits per heavy atom. The van der Waals surface area contributed by atoms with Crippen molar-refractivity contribution in [2.45, 2.75) is 52.4 Å². The molecule has 1 aromatic carbocycles. The first-order valence-electron chi connectivity index (χ1n) is 6.07. The van der Waals surface area contributed by atoms with Crippen LogP contribution in [0.25, 0.3) is 0 Å². The van der Waals surface area contributed by atoms with E-state index in [1.54, 1.807) is 6.07 Å². The minimum atomic E-state index is 0.0463. The molecule has 0 aliphatic heterocycles. The molecule has 1 rings (SSSR count). The van der Waals surface area contributed by atoms with Crippen molar-refractivity contribution in [3.63, 3.8) is 0 Å². The van der Waals surface area contributed by atoms with E-state index in [9.17, 15) is 0 Å². The van der Waals surface area contributed by atoms with Gasteiger partial charge >= 0.3 is 0 Å². The van der Waals surface area contributed by atoms with Gasteiger partial charge in [0.25, 0.3) is 0 Å². The quantitative estimate of drug-likeness (QED) is 0.738. The average molecular weight is 250 g/mol. The molecule has 0 aliphatic rings. The molecule has 0 fully saturated rings. The molecule has 0 heterocycles. The van der Waals surface area contributed by atoms with Gasteiger partial charge in [-0.05, 0) is 41.0 Å².